The lowest BCUT2D eigenvalue weighted by atomic mass is 9.97. The van der Waals surface area contributed by atoms with Crippen LogP contribution in [0.2, 0.25) is 0 Å². The molecule has 1 atom stereocenters. The third-order valence-electron chi connectivity index (χ3n) is 4.28. The van der Waals surface area contributed by atoms with Crippen LogP contribution in [-0.2, 0) is 0 Å². The van der Waals surface area contributed by atoms with Gasteiger partial charge >= 0.3 is 0 Å². The van der Waals surface area contributed by atoms with Gasteiger partial charge in [0.25, 0.3) is 0 Å². The molecule has 2 N–H and O–H groups in total. The summed E-state index contributed by atoms with van der Waals surface area (Å²) in [5.74, 6) is 0. The predicted molar refractivity (Wildman–Crippen MR) is 92.5 cm³/mol. The second kappa shape index (κ2) is 14.6. The van der Waals surface area contributed by atoms with Crippen molar-refractivity contribution in [1.82, 2.24) is 0 Å². The average molecular weight is 299 g/mol. The van der Waals surface area contributed by atoms with Gasteiger partial charge in [-0.15, -0.1) is 6.58 Å². The monoisotopic (exact) mass is 298 g/mol. The van der Waals surface area contributed by atoms with Gasteiger partial charge in [-0.1, -0.05) is 83.1 Å². The highest BCUT2D eigenvalue weighted by Gasteiger charge is 2.13. The molecular weight excluding hydrogens is 260 g/mol. The summed E-state index contributed by atoms with van der Waals surface area (Å²) < 4.78 is 0. The van der Waals surface area contributed by atoms with Crippen molar-refractivity contribution in [3.05, 3.63) is 12.7 Å². The molecule has 0 bridgehead atoms. The zero-order valence-corrected chi connectivity index (χ0v) is 14.3. The Hall–Kier alpha value is -0.340. The summed E-state index contributed by atoms with van der Waals surface area (Å²) in [4.78, 5) is 0. The van der Waals surface area contributed by atoms with Crippen LogP contribution in [0.1, 0.15) is 96.8 Å². The Bertz CT molecular complexity index is 224. The number of aliphatic hydroxyl groups is 2. The zero-order chi connectivity index (χ0) is 15.8. The second-order valence-corrected chi connectivity index (χ2v) is 6.63. The first-order valence-electron chi connectivity index (χ1n) is 9.09. The minimum atomic E-state index is -0.669. The van der Waals surface area contributed by atoms with Crippen molar-refractivity contribution in [2.24, 2.45) is 0 Å². The first-order chi connectivity index (χ1) is 10.1. The number of hydrogen-bond donors (Lipinski definition) is 2. The van der Waals surface area contributed by atoms with Crippen molar-refractivity contribution < 1.29 is 10.2 Å². The van der Waals surface area contributed by atoms with E-state index in [0.717, 1.165) is 19.3 Å². The van der Waals surface area contributed by atoms with E-state index in [9.17, 15) is 5.11 Å². The largest absolute Gasteiger partial charge is 0.396 e. The summed E-state index contributed by atoms with van der Waals surface area (Å²) in [5, 5.41) is 18.5. The molecule has 0 aliphatic heterocycles. The van der Waals surface area contributed by atoms with Crippen LogP contribution in [0.4, 0.5) is 0 Å². The molecule has 1 unspecified atom stereocenters. The fourth-order valence-corrected chi connectivity index (χ4v) is 2.64. The van der Waals surface area contributed by atoms with E-state index in [1.807, 2.05) is 6.92 Å². The van der Waals surface area contributed by atoms with Gasteiger partial charge in [0.05, 0.1) is 5.60 Å². The standard InChI is InChI=1S/C19H38O2/c1-3-19(2,21)17-15-13-11-9-7-5-4-6-8-10-12-14-16-18-20/h3,20-21H,1,4-18H2,2H3. The number of unbranched alkanes of at least 4 members (excludes halogenated alkanes) is 12. The van der Waals surface area contributed by atoms with Crippen molar-refractivity contribution in [3.8, 4) is 0 Å². The zero-order valence-electron chi connectivity index (χ0n) is 14.3. The smallest absolute Gasteiger partial charge is 0.0797 e. The van der Waals surface area contributed by atoms with Crippen LogP contribution in [0.5, 0.6) is 0 Å². The molecule has 0 aromatic carbocycles. The predicted octanol–water partition coefficient (Wildman–Crippen LogP) is 5.38. The van der Waals surface area contributed by atoms with Gasteiger partial charge in [-0.25, -0.2) is 0 Å². The fraction of sp³-hybridized carbons (Fsp3) is 0.895. The molecule has 2 heteroatoms. The molecule has 0 aliphatic rings. The Morgan fingerprint density at radius 2 is 1.05 bits per heavy atom. The van der Waals surface area contributed by atoms with Crippen LogP contribution in [0.25, 0.3) is 0 Å². The van der Waals surface area contributed by atoms with Gasteiger partial charge in [0, 0.05) is 6.61 Å². The normalized spacial score (nSPS) is 14.0. The molecule has 0 radical (unpaired) electrons. The molecule has 0 fully saturated rings. The molecule has 0 spiro atoms. The Labute approximate surface area is 132 Å². The average Bonchev–Trinajstić information content (AvgIpc) is 2.47. The summed E-state index contributed by atoms with van der Waals surface area (Å²) in [6.07, 6.45) is 19.1. The number of hydrogen-bond acceptors (Lipinski definition) is 2. The first kappa shape index (κ1) is 20.7. The van der Waals surface area contributed by atoms with Gasteiger partial charge in [0.15, 0.2) is 0 Å². The molecule has 126 valence electrons. The van der Waals surface area contributed by atoms with E-state index in [2.05, 4.69) is 6.58 Å². The van der Waals surface area contributed by atoms with Crippen LogP contribution < -0.4 is 0 Å². The Kier molecular flexibility index (Phi) is 14.4. The molecule has 21 heavy (non-hydrogen) atoms. The van der Waals surface area contributed by atoms with Gasteiger partial charge in [0.2, 0.25) is 0 Å². The van der Waals surface area contributed by atoms with Gasteiger partial charge in [-0.2, -0.15) is 0 Å². The van der Waals surface area contributed by atoms with Crippen molar-refractivity contribution in [1.29, 1.82) is 0 Å². The maximum Gasteiger partial charge on any atom is 0.0797 e. The maximum absolute atomic E-state index is 9.78. The van der Waals surface area contributed by atoms with Crippen LogP contribution in [0, 0.1) is 0 Å². The van der Waals surface area contributed by atoms with E-state index in [0.29, 0.717) is 6.61 Å². The summed E-state index contributed by atoms with van der Waals surface area (Å²) >= 11 is 0. The van der Waals surface area contributed by atoms with Crippen molar-refractivity contribution in [2.75, 3.05) is 6.61 Å². The highest BCUT2D eigenvalue weighted by Crippen LogP contribution is 2.17. The molecule has 0 aromatic rings. The Balaban J connectivity index is 3.08. The van der Waals surface area contributed by atoms with Gasteiger partial charge in [0.1, 0.15) is 0 Å². The van der Waals surface area contributed by atoms with Crippen LogP contribution in [-0.4, -0.2) is 22.4 Å². The highest BCUT2D eigenvalue weighted by atomic mass is 16.3. The Morgan fingerprint density at radius 1 is 0.714 bits per heavy atom. The van der Waals surface area contributed by atoms with Gasteiger partial charge in [-0.05, 0) is 19.8 Å². The van der Waals surface area contributed by atoms with E-state index in [1.54, 1.807) is 6.08 Å². The minimum absolute atomic E-state index is 0.352. The fourth-order valence-electron chi connectivity index (χ4n) is 2.64. The van der Waals surface area contributed by atoms with E-state index in [1.165, 1.54) is 70.6 Å². The van der Waals surface area contributed by atoms with E-state index < -0.39 is 5.60 Å². The molecule has 0 aliphatic carbocycles. The lowest BCUT2D eigenvalue weighted by Crippen LogP contribution is -2.19. The van der Waals surface area contributed by atoms with Crippen LogP contribution >= 0.6 is 0 Å². The lowest BCUT2D eigenvalue weighted by molar-refractivity contribution is 0.0988. The topological polar surface area (TPSA) is 40.5 Å². The molecule has 0 amide bonds. The van der Waals surface area contributed by atoms with Crippen LogP contribution in [0.3, 0.4) is 0 Å². The molecule has 2 nitrogen and oxygen atoms in total. The number of rotatable bonds is 16. The first-order valence-corrected chi connectivity index (χ1v) is 9.09. The van der Waals surface area contributed by atoms with Crippen LogP contribution in [0.15, 0.2) is 12.7 Å². The van der Waals surface area contributed by atoms with Gasteiger partial charge in [-0.3, -0.25) is 0 Å². The number of aliphatic hydroxyl groups excluding tert-OH is 1. The highest BCUT2D eigenvalue weighted by molar-refractivity contribution is 4.91. The lowest BCUT2D eigenvalue weighted by Gasteiger charge is -2.17. The van der Waals surface area contributed by atoms with Crippen molar-refractivity contribution in [3.63, 3.8) is 0 Å². The molecule has 0 saturated carbocycles. The quantitative estimate of drug-likeness (QED) is 0.297. The SMILES string of the molecule is C=CC(C)(O)CCCCCCCCCCCCCCCO. The second-order valence-electron chi connectivity index (χ2n) is 6.63. The maximum atomic E-state index is 9.78. The molecule has 0 rings (SSSR count). The molecule has 0 aromatic heterocycles. The summed E-state index contributed by atoms with van der Waals surface area (Å²) in [6, 6.07) is 0. The molecule has 0 heterocycles. The van der Waals surface area contributed by atoms with Gasteiger partial charge < -0.3 is 10.2 Å². The van der Waals surface area contributed by atoms with E-state index in [4.69, 9.17) is 5.11 Å². The minimum Gasteiger partial charge on any atom is -0.396 e. The third-order valence-corrected chi connectivity index (χ3v) is 4.28. The van der Waals surface area contributed by atoms with E-state index >= 15 is 0 Å². The van der Waals surface area contributed by atoms with Crippen molar-refractivity contribution >= 4 is 0 Å². The van der Waals surface area contributed by atoms with E-state index in [-0.39, 0.29) is 0 Å². The Morgan fingerprint density at radius 3 is 1.38 bits per heavy atom. The molecule has 0 saturated heterocycles. The molecular formula is C19H38O2. The summed E-state index contributed by atoms with van der Waals surface area (Å²) in [7, 11) is 0. The third kappa shape index (κ3) is 15.9. The summed E-state index contributed by atoms with van der Waals surface area (Å²) in [5.41, 5.74) is -0.669. The summed E-state index contributed by atoms with van der Waals surface area (Å²) in [6.45, 7) is 5.85. The van der Waals surface area contributed by atoms with Crippen molar-refractivity contribution in [2.45, 2.75) is 102 Å².